The van der Waals surface area contributed by atoms with E-state index >= 15 is 0 Å². The molecule has 0 aliphatic carbocycles. The van der Waals surface area contributed by atoms with Crippen LogP contribution >= 0.6 is 10.7 Å². The number of alkyl halides is 2. The second-order valence-corrected chi connectivity index (χ2v) is 4.98. The minimum atomic E-state index is -4.63. The number of hydrogen-bond donors (Lipinski definition) is 1. The summed E-state index contributed by atoms with van der Waals surface area (Å²) in [5.74, 6) is -2.00. The van der Waals surface area contributed by atoms with E-state index < -0.39 is 37.7 Å². The standard InChI is InChI=1S/C6H4ClF3N2O2S/c7-15(13,14)5-2(8)1-3(11)12-4(5)6(9)10/h1,6H,(H2,11,12). The molecule has 0 saturated heterocycles. The maximum atomic E-state index is 13.1. The van der Waals surface area contributed by atoms with E-state index in [0.717, 1.165) is 0 Å². The van der Waals surface area contributed by atoms with Gasteiger partial charge in [-0.2, -0.15) is 0 Å². The van der Waals surface area contributed by atoms with E-state index in [-0.39, 0.29) is 0 Å². The molecule has 9 heteroatoms. The molecule has 0 spiro atoms. The zero-order valence-electron chi connectivity index (χ0n) is 6.92. The van der Waals surface area contributed by atoms with Crippen LogP contribution in [0.2, 0.25) is 0 Å². The van der Waals surface area contributed by atoms with Gasteiger partial charge in [0.1, 0.15) is 22.2 Å². The van der Waals surface area contributed by atoms with E-state index in [1.54, 1.807) is 0 Å². The van der Waals surface area contributed by atoms with Gasteiger partial charge < -0.3 is 5.73 Å². The van der Waals surface area contributed by atoms with Crippen LogP contribution in [0.4, 0.5) is 19.0 Å². The van der Waals surface area contributed by atoms with Gasteiger partial charge in [-0.15, -0.1) is 0 Å². The van der Waals surface area contributed by atoms with Gasteiger partial charge in [0.2, 0.25) is 0 Å². The Kier molecular flexibility index (Phi) is 3.10. The fourth-order valence-electron chi connectivity index (χ4n) is 0.929. The summed E-state index contributed by atoms with van der Waals surface area (Å²) in [5, 5.41) is 0. The van der Waals surface area contributed by atoms with Gasteiger partial charge in [-0.1, -0.05) is 0 Å². The number of halogens is 4. The van der Waals surface area contributed by atoms with Gasteiger partial charge in [-0.05, 0) is 0 Å². The van der Waals surface area contributed by atoms with E-state index in [4.69, 9.17) is 16.4 Å². The molecular weight excluding hydrogens is 257 g/mol. The lowest BCUT2D eigenvalue weighted by molar-refractivity contribution is 0.141. The van der Waals surface area contributed by atoms with Crippen LogP contribution in [0.15, 0.2) is 11.0 Å². The molecular formula is C6H4ClF3N2O2S. The van der Waals surface area contributed by atoms with Crippen LogP contribution in [0.1, 0.15) is 12.1 Å². The van der Waals surface area contributed by atoms with E-state index in [2.05, 4.69) is 4.98 Å². The molecule has 1 rings (SSSR count). The molecule has 0 unspecified atom stereocenters. The first-order chi connectivity index (χ1) is 6.73. The van der Waals surface area contributed by atoms with Crippen molar-refractivity contribution in [1.82, 2.24) is 4.98 Å². The summed E-state index contributed by atoms with van der Waals surface area (Å²) in [7, 11) is 0.157. The first-order valence-corrected chi connectivity index (χ1v) is 5.73. The SMILES string of the molecule is Nc1cc(F)c(S(=O)(=O)Cl)c(C(F)F)n1. The minimum Gasteiger partial charge on any atom is -0.384 e. The average Bonchev–Trinajstić information content (AvgIpc) is 1.99. The van der Waals surface area contributed by atoms with Gasteiger partial charge in [-0.3, -0.25) is 0 Å². The fraction of sp³-hybridized carbons (Fsp3) is 0.167. The third-order valence-corrected chi connectivity index (χ3v) is 2.78. The van der Waals surface area contributed by atoms with Crippen LogP contribution in [0.25, 0.3) is 0 Å². The van der Waals surface area contributed by atoms with E-state index in [0.29, 0.717) is 6.07 Å². The molecule has 0 radical (unpaired) electrons. The van der Waals surface area contributed by atoms with E-state index in [9.17, 15) is 21.6 Å². The molecule has 0 aromatic carbocycles. The van der Waals surface area contributed by atoms with Gasteiger partial charge in [0.15, 0.2) is 0 Å². The zero-order chi connectivity index (χ0) is 11.8. The number of anilines is 1. The van der Waals surface area contributed by atoms with Crippen molar-refractivity contribution in [2.24, 2.45) is 0 Å². The average molecular weight is 261 g/mol. The predicted octanol–water partition coefficient (Wildman–Crippen LogP) is 1.67. The number of nitrogens with two attached hydrogens (primary N) is 1. The quantitative estimate of drug-likeness (QED) is 0.821. The number of aromatic nitrogens is 1. The Morgan fingerprint density at radius 2 is 2.00 bits per heavy atom. The highest BCUT2D eigenvalue weighted by Crippen LogP contribution is 2.30. The lowest BCUT2D eigenvalue weighted by Gasteiger charge is -2.06. The summed E-state index contributed by atoms with van der Waals surface area (Å²) in [5.41, 5.74) is 3.70. The van der Waals surface area contributed by atoms with Crippen LogP contribution in [-0.2, 0) is 9.05 Å². The van der Waals surface area contributed by atoms with Crippen LogP contribution in [0.5, 0.6) is 0 Å². The Balaban J connectivity index is 3.62. The molecule has 15 heavy (non-hydrogen) atoms. The summed E-state index contributed by atoms with van der Waals surface area (Å²) >= 11 is 0. The van der Waals surface area contributed by atoms with Crippen molar-refractivity contribution in [3.63, 3.8) is 0 Å². The normalized spacial score (nSPS) is 12.1. The second kappa shape index (κ2) is 3.86. The van der Waals surface area contributed by atoms with Crippen molar-refractivity contribution < 1.29 is 21.6 Å². The second-order valence-electron chi connectivity index (χ2n) is 2.48. The molecule has 0 aliphatic rings. The minimum absolute atomic E-state index is 0.501. The van der Waals surface area contributed by atoms with Gasteiger partial charge in [0.05, 0.1) is 0 Å². The van der Waals surface area contributed by atoms with Crippen LogP contribution in [0, 0.1) is 5.82 Å². The lowest BCUT2D eigenvalue weighted by atomic mass is 10.3. The Bertz CT molecular complexity index is 491. The molecule has 0 bridgehead atoms. The highest BCUT2D eigenvalue weighted by Gasteiger charge is 2.28. The molecule has 84 valence electrons. The molecule has 0 amide bonds. The molecule has 1 heterocycles. The number of rotatable bonds is 2. The topological polar surface area (TPSA) is 73.1 Å². The zero-order valence-corrected chi connectivity index (χ0v) is 8.49. The molecule has 4 nitrogen and oxygen atoms in total. The largest absolute Gasteiger partial charge is 0.384 e. The number of nitrogens with zero attached hydrogens (tertiary/aromatic N) is 1. The van der Waals surface area contributed by atoms with Crippen LogP contribution < -0.4 is 5.73 Å². The Hall–Kier alpha value is -1.02. The number of pyridine rings is 1. The summed E-state index contributed by atoms with van der Waals surface area (Å²) in [6.07, 6.45) is -3.29. The predicted molar refractivity (Wildman–Crippen MR) is 46.6 cm³/mol. The molecule has 1 aromatic heterocycles. The van der Waals surface area contributed by atoms with Crippen molar-refractivity contribution >= 4 is 25.6 Å². The van der Waals surface area contributed by atoms with Gasteiger partial charge in [0.25, 0.3) is 15.5 Å². The molecule has 0 aliphatic heterocycles. The molecule has 0 saturated carbocycles. The van der Waals surface area contributed by atoms with Gasteiger partial charge in [-0.25, -0.2) is 26.6 Å². The maximum Gasteiger partial charge on any atom is 0.281 e. The third kappa shape index (κ3) is 2.51. The highest BCUT2D eigenvalue weighted by atomic mass is 35.7. The van der Waals surface area contributed by atoms with Crippen molar-refractivity contribution in [2.75, 3.05) is 5.73 Å². The molecule has 1 aromatic rings. The Labute approximate surface area is 87.3 Å². The van der Waals surface area contributed by atoms with Crippen molar-refractivity contribution in [1.29, 1.82) is 0 Å². The number of hydrogen-bond acceptors (Lipinski definition) is 4. The Morgan fingerprint density at radius 1 is 1.47 bits per heavy atom. The van der Waals surface area contributed by atoms with E-state index in [1.165, 1.54) is 0 Å². The summed E-state index contributed by atoms with van der Waals surface area (Å²) in [4.78, 5) is 1.68. The van der Waals surface area contributed by atoms with Crippen LogP contribution in [0.3, 0.4) is 0 Å². The highest BCUT2D eigenvalue weighted by molar-refractivity contribution is 8.13. The van der Waals surface area contributed by atoms with Crippen molar-refractivity contribution in [2.45, 2.75) is 11.3 Å². The lowest BCUT2D eigenvalue weighted by Crippen LogP contribution is -2.07. The molecule has 2 N–H and O–H groups in total. The number of nitrogen functional groups attached to an aromatic ring is 1. The van der Waals surface area contributed by atoms with Gasteiger partial charge >= 0.3 is 0 Å². The smallest absolute Gasteiger partial charge is 0.281 e. The first kappa shape index (κ1) is 12.1. The fourth-order valence-corrected chi connectivity index (χ4v) is 2.06. The van der Waals surface area contributed by atoms with Crippen molar-refractivity contribution in [3.8, 4) is 0 Å². The van der Waals surface area contributed by atoms with Crippen LogP contribution in [-0.4, -0.2) is 13.4 Å². The van der Waals surface area contributed by atoms with Crippen molar-refractivity contribution in [3.05, 3.63) is 17.6 Å². The molecule has 0 fully saturated rings. The first-order valence-electron chi connectivity index (χ1n) is 3.42. The third-order valence-electron chi connectivity index (χ3n) is 1.42. The summed E-state index contributed by atoms with van der Waals surface area (Å²) in [6.45, 7) is 0. The monoisotopic (exact) mass is 260 g/mol. The Morgan fingerprint density at radius 3 is 2.40 bits per heavy atom. The van der Waals surface area contributed by atoms with Gasteiger partial charge in [0, 0.05) is 16.7 Å². The molecule has 0 atom stereocenters. The summed E-state index contributed by atoms with van der Waals surface area (Å²) < 4.78 is 59.3. The summed E-state index contributed by atoms with van der Waals surface area (Å²) in [6, 6.07) is 0.501. The maximum absolute atomic E-state index is 13.1. The van der Waals surface area contributed by atoms with E-state index in [1.807, 2.05) is 0 Å².